The molecular formula is C16H17N3O4S. The van der Waals surface area contributed by atoms with Gasteiger partial charge in [0.05, 0.1) is 6.54 Å². The van der Waals surface area contributed by atoms with Crippen molar-refractivity contribution in [1.82, 2.24) is 10.2 Å². The summed E-state index contributed by atoms with van der Waals surface area (Å²) in [4.78, 5) is 25.6. The topological polar surface area (TPSA) is 79.9 Å². The van der Waals surface area contributed by atoms with Crippen molar-refractivity contribution >= 4 is 29.0 Å². The maximum Gasteiger partial charge on any atom is 0.325 e. The summed E-state index contributed by atoms with van der Waals surface area (Å²) in [6, 6.07) is 6.46. The van der Waals surface area contributed by atoms with Gasteiger partial charge in [0.15, 0.2) is 11.5 Å². The van der Waals surface area contributed by atoms with Gasteiger partial charge in [-0.2, -0.15) is 11.3 Å². The average Bonchev–Trinajstić information content (AvgIpc) is 3.17. The maximum atomic E-state index is 11.9. The highest BCUT2D eigenvalue weighted by Crippen LogP contribution is 2.34. The van der Waals surface area contributed by atoms with Gasteiger partial charge in [-0.3, -0.25) is 15.0 Å². The number of fused-ring (bicyclic) bond motifs is 1. The maximum absolute atomic E-state index is 11.9. The fourth-order valence-corrected chi connectivity index (χ4v) is 2.96. The molecule has 0 saturated carbocycles. The van der Waals surface area contributed by atoms with Gasteiger partial charge in [-0.15, -0.1) is 0 Å². The third-order valence-electron chi connectivity index (χ3n) is 3.33. The molecule has 1 aromatic carbocycles. The molecule has 2 N–H and O–H groups in total. The summed E-state index contributed by atoms with van der Waals surface area (Å²) in [5, 5.41) is 8.92. The third kappa shape index (κ3) is 4.24. The van der Waals surface area contributed by atoms with Crippen molar-refractivity contribution in [3.63, 3.8) is 0 Å². The van der Waals surface area contributed by atoms with Crippen LogP contribution in [0.15, 0.2) is 35.0 Å². The largest absolute Gasteiger partial charge is 0.454 e. The van der Waals surface area contributed by atoms with E-state index in [9.17, 15) is 9.59 Å². The number of carbonyl (C=O) groups excluding carboxylic acids is 2. The van der Waals surface area contributed by atoms with E-state index in [0.29, 0.717) is 23.7 Å². The third-order valence-corrected chi connectivity index (χ3v) is 4.06. The lowest BCUT2D eigenvalue weighted by Crippen LogP contribution is -2.40. The molecule has 3 amide bonds. The number of nitrogens with zero attached hydrogens (tertiary/aromatic N) is 1. The van der Waals surface area contributed by atoms with E-state index in [0.717, 1.165) is 5.56 Å². The Kier molecular flexibility index (Phi) is 4.97. The molecule has 1 aliphatic heterocycles. The minimum atomic E-state index is -0.581. The molecule has 0 bridgehead atoms. The Morgan fingerprint density at radius 2 is 2.08 bits per heavy atom. The first kappa shape index (κ1) is 16.3. The number of anilines is 1. The van der Waals surface area contributed by atoms with E-state index in [4.69, 9.17) is 9.47 Å². The fraction of sp³-hybridized carbons (Fsp3) is 0.250. The molecule has 2 aromatic rings. The number of likely N-dealkylation sites (N-methyl/N-ethyl adjacent to an activating group) is 1. The van der Waals surface area contributed by atoms with E-state index < -0.39 is 6.03 Å². The summed E-state index contributed by atoms with van der Waals surface area (Å²) in [6.07, 6.45) is 0. The van der Waals surface area contributed by atoms with Gasteiger partial charge in [0.1, 0.15) is 0 Å². The molecule has 0 fully saturated rings. The summed E-state index contributed by atoms with van der Waals surface area (Å²) >= 11 is 1.61. The van der Waals surface area contributed by atoms with E-state index in [1.807, 2.05) is 28.8 Å². The lowest BCUT2D eigenvalue weighted by molar-refractivity contribution is -0.120. The molecule has 0 aliphatic carbocycles. The summed E-state index contributed by atoms with van der Waals surface area (Å²) in [6.45, 7) is 0.949. The molecule has 126 valence electrons. The average molecular weight is 347 g/mol. The van der Waals surface area contributed by atoms with Crippen LogP contribution in [0.5, 0.6) is 11.5 Å². The minimum absolute atomic E-state index is 0.129. The number of hydrogen-bond donors (Lipinski definition) is 2. The Labute approximate surface area is 143 Å². The van der Waals surface area contributed by atoms with Crippen molar-refractivity contribution in [3.8, 4) is 11.5 Å². The van der Waals surface area contributed by atoms with Gasteiger partial charge in [0, 0.05) is 18.3 Å². The van der Waals surface area contributed by atoms with Crippen molar-refractivity contribution in [2.45, 2.75) is 6.54 Å². The molecule has 0 radical (unpaired) electrons. The second-order valence-electron chi connectivity index (χ2n) is 5.37. The van der Waals surface area contributed by atoms with Crippen LogP contribution in [0.3, 0.4) is 0 Å². The van der Waals surface area contributed by atoms with Gasteiger partial charge in [0.2, 0.25) is 12.7 Å². The first-order chi connectivity index (χ1) is 11.6. The molecule has 0 spiro atoms. The number of urea groups is 1. The van der Waals surface area contributed by atoms with Gasteiger partial charge in [0.25, 0.3) is 0 Å². The predicted molar refractivity (Wildman–Crippen MR) is 90.4 cm³/mol. The Hall–Kier alpha value is -2.58. The molecule has 0 unspecified atom stereocenters. The van der Waals surface area contributed by atoms with Gasteiger partial charge in [-0.25, -0.2) is 4.79 Å². The number of thiophene rings is 1. The van der Waals surface area contributed by atoms with Crippen molar-refractivity contribution in [2.24, 2.45) is 0 Å². The standard InChI is InChI=1S/C16H17N3O4S/c1-19(7-11-4-5-24-9-11)8-15(20)18-16(21)17-12-2-3-13-14(6-12)23-10-22-13/h2-6,9H,7-8,10H2,1H3,(H2,17,18,20,21). The number of hydrogen-bond acceptors (Lipinski definition) is 6. The normalized spacial score (nSPS) is 12.2. The highest BCUT2D eigenvalue weighted by molar-refractivity contribution is 7.07. The van der Waals surface area contributed by atoms with E-state index in [-0.39, 0.29) is 19.2 Å². The van der Waals surface area contributed by atoms with Gasteiger partial charge in [-0.05, 0) is 41.6 Å². The number of benzene rings is 1. The molecule has 2 heterocycles. The number of nitrogens with one attached hydrogen (secondary N) is 2. The number of rotatable bonds is 5. The van der Waals surface area contributed by atoms with Crippen molar-refractivity contribution in [2.75, 3.05) is 25.7 Å². The molecule has 24 heavy (non-hydrogen) atoms. The predicted octanol–water partition coefficient (Wildman–Crippen LogP) is 2.26. The summed E-state index contributed by atoms with van der Waals surface area (Å²) in [5.74, 6) is 0.827. The highest BCUT2D eigenvalue weighted by Gasteiger charge is 2.15. The zero-order valence-electron chi connectivity index (χ0n) is 13.1. The van der Waals surface area contributed by atoms with Gasteiger partial charge >= 0.3 is 6.03 Å². The zero-order valence-corrected chi connectivity index (χ0v) is 13.9. The van der Waals surface area contributed by atoms with Crippen LogP contribution < -0.4 is 20.1 Å². The molecule has 1 aliphatic rings. The fourth-order valence-electron chi connectivity index (χ4n) is 2.30. The number of ether oxygens (including phenoxy) is 2. The van der Waals surface area contributed by atoms with Gasteiger partial charge < -0.3 is 14.8 Å². The second kappa shape index (κ2) is 7.33. The van der Waals surface area contributed by atoms with Crippen LogP contribution in [0, 0.1) is 0 Å². The second-order valence-corrected chi connectivity index (χ2v) is 6.15. The van der Waals surface area contributed by atoms with Crippen LogP contribution in [0.25, 0.3) is 0 Å². The Bertz CT molecular complexity index is 733. The lowest BCUT2D eigenvalue weighted by Gasteiger charge is -2.15. The SMILES string of the molecule is CN(CC(=O)NC(=O)Nc1ccc2c(c1)OCO2)Cc1ccsc1. The number of amides is 3. The molecule has 1 aromatic heterocycles. The van der Waals surface area contributed by atoms with E-state index in [1.54, 1.807) is 29.5 Å². The summed E-state index contributed by atoms with van der Waals surface area (Å²) in [7, 11) is 1.83. The minimum Gasteiger partial charge on any atom is -0.454 e. The summed E-state index contributed by atoms with van der Waals surface area (Å²) < 4.78 is 10.4. The van der Waals surface area contributed by atoms with E-state index >= 15 is 0 Å². The van der Waals surface area contributed by atoms with Crippen LogP contribution in [0.4, 0.5) is 10.5 Å². The first-order valence-electron chi connectivity index (χ1n) is 7.30. The molecule has 3 rings (SSSR count). The van der Waals surface area contributed by atoms with Crippen molar-refractivity contribution < 1.29 is 19.1 Å². The highest BCUT2D eigenvalue weighted by atomic mass is 32.1. The van der Waals surface area contributed by atoms with Crippen LogP contribution >= 0.6 is 11.3 Å². The molecule has 0 atom stereocenters. The lowest BCUT2D eigenvalue weighted by atomic mass is 10.3. The zero-order chi connectivity index (χ0) is 16.9. The number of carbonyl (C=O) groups is 2. The Morgan fingerprint density at radius 3 is 2.88 bits per heavy atom. The van der Waals surface area contributed by atoms with Crippen molar-refractivity contribution in [1.29, 1.82) is 0 Å². The van der Waals surface area contributed by atoms with Crippen LogP contribution in [0.2, 0.25) is 0 Å². The molecular weight excluding hydrogens is 330 g/mol. The molecule has 7 nitrogen and oxygen atoms in total. The van der Waals surface area contributed by atoms with Crippen LogP contribution in [-0.2, 0) is 11.3 Å². The first-order valence-corrected chi connectivity index (χ1v) is 8.24. The smallest absolute Gasteiger partial charge is 0.325 e. The van der Waals surface area contributed by atoms with E-state index in [1.165, 1.54) is 0 Å². The Balaban J connectivity index is 1.46. The van der Waals surface area contributed by atoms with Crippen LogP contribution in [-0.4, -0.2) is 37.2 Å². The van der Waals surface area contributed by atoms with Gasteiger partial charge in [-0.1, -0.05) is 0 Å². The Morgan fingerprint density at radius 1 is 1.25 bits per heavy atom. The number of imide groups is 1. The monoisotopic (exact) mass is 347 g/mol. The van der Waals surface area contributed by atoms with Crippen LogP contribution in [0.1, 0.15) is 5.56 Å². The summed E-state index contributed by atoms with van der Waals surface area (Å²) in [5.41, 5.74) is 1.66. The molecule has 0 saturated heterocycles. The van der Waals surface area contributed by atoms with Crippen molar-refractivity contribution in [3.05, 3.63) is 40.6 Å². The van der Waals surface area contributed by atoms with E-state index in [2.05, 4.69) is 10.6 Å². The molecule has 8 heteroatoms. The quantitative estimate of drug-likeness (QED) is 0.867.